The fraction of sp³-hybridized carbons (Fsp3) is 0.441. The van der Waals surface area contributed by atoms with Crippen molar-refractivity contribution in [2.75, 3.05) is 24.7 Å². The lowest BCUT2D eigenvalue weighted by Crippen LogP contribution is -2.59. The van der Waals surface area contributed by atoms with Gasteiger partial charge in [0.05, 0.1) is 24.2 Å². The molecule has 0 saturated carbocycles. The molecule has 2 bridgehead atoms. The summed E-state index contributed by atoms with van der Waals surface area (Å²) in [5.74, 6) is -3.03. The van der Waals surface area contributed by atoms with Gasteiger partial charge in [0, 0.05) is 12.2 Å². The largest absolute Gasteiger partial charge is 0.461 e. The molecule has 0 radical (unpaired) electrons. The zero-order chi connectivity index (χ0) is 30.2. The first kappa shape index (κ1) is 29.7. The number of carbonyl (C=O) groups excluding carboxylic acids is 3. The van der Waals surface area contributed by atoms with Gasteiger partial charge in [0.25, 0.3) is 5.91 Å². The summed E-state index contributed by atoms with van der Waals surface area (Å²) in [6, 6.07) is 13.6. The van der Waals surface area contributed by atoms with Crippen LogP contribution in [0.2, 0.25) is 0 Å². The summed E-state index contributed by atoms with van der Waals surface area (Å²) in [5.41, 5.74) is 1.28. The average Bonchev–Trinajstić information content (AvgIpc) is 3.55. The number of aliphatic hydroxyl groups excluding tert-OH is 1. The topological polar surface area (TPSA) is 96.4 Å². The number of nitrogens with zero attached hydrogens (tertiary/aromatic N) is 2. The number of esters is 1. The number of anilines is 1. The predicted molar refractivity (Wildman–Crippen MR) is 160 cm³/mol. The minimum absolute atomic E-state index is 0.0122. The van der Waals surface area contributed by atoms with Crippen molar-refractivity contribution in [2.45, 2.75) is 63.3 Å². The molecule has 1 spiro atoms. The number of aryl methyl sites for hydroxylation is 2. The third-order valence-electron chi connectivity index (χ3n) is 9.25. The number of fused-ring (bicyclic) bond motifs is 1. The number of benzene rings is 2. The van der Waals surface area contributed by atoms with E-state index in [4.69, 9.17) is 9.47 Å². The highest BCUT2D eigenvalue weighted by atomic mass is 16.6. The molecular weight excluding hydrogens is 532 g/mol. The number of amides is 2. The highest BCUT2D eigenvalue weighted by Crippen LogP contribution is 2.64. The molecule has 3 aliphatic heterocycles. The second kappa shape index (κ2) is 11.5. The first-order valence-electron chi connectivity index (χ1n) is 14.6. The van der Waals surface area contributed by atoms with Gasteiger partial charge in [0.1, 0.15) is 24.2 Å². The SMILES string of the molecule is C=CCOC(=O)[C@H]1[C@H]2C(=O)N([C@@H](CO)Cc3ccccc3)C(C(=O)N(CC=C)c3c(C)cccc3C)C23CC[C@]1(C)O3. The van der Waals surface area contributed by atoms with Crippen LogP contribution in [0.3, 0.4) is 0 Å². The molecule has 3 aliphatic rings. The van der Waals surface area contributed by atoms with E-state index in [2.05, 4.69) is 13.2 Å². The fourth-order valence-electron chi connectivity index (χ4n) is 7.56. The zero-order valence-corrected chi connectivity index (χ0v) is 24.6. The van der Waals surface area contributed by atoms with E-state index in [1.807, 2.05) is 69.3 Å². The Hall–Kier alpha value is -3.75. The number of hydrogen-bond acceptors (Lipinski definition) is 6. The van der Waals surface area contributed by atoms with Gasteiger partial charge in [0.2, 0.25) is 5.91 Å². The number of aliphatic hydroxyl groups is 1. The molecule has 2 aromatic carbocycles. The first-order valence-corrected chi connectivity index (χ1v) is 14.6. The van der Waals surface area contributed by atoms with E-state index in [-0.39, 0.29) is 31.6 Å². The molecule has 42 heavy (non-hydrogen) atoms. The van der Waals surface area contributed by atoms with Crippen LogP contribution in [0.4, 0.5) is 5.69 Å². The minimum atomic E-state index is -1.25. The molecule has 222 valence electrons. The summed E-state index contributed by atoms with van der Waals surface area (Å²) in [4.78, 5) is 46.2. The van der Waals surface area contributed by atoms with Crippen LogP contribution in [-0.2, 0) is 30.3 Å². The molecule has 6 atom stereocenters. The van der Waals surface area contributed by atoms with Gasteiger partial charge in [-0.25, -0.2) is 0 Å². The van der Waals surface area contributed by atoms with Gasteiger partial charge in [-0.2, -0.15) is 0 Å². The molecule has 2 unspecified atom stereocenters. The third kappa shape index (κ3) is 4.67. The van der Waals surface area contributed by atoms with E-state index in [0.717, 1.165) is 22.4 Å². The van der Waals surface area contributed by atoms with Crippen molar-refractivity contribution < 1.29 is 29.0 Å². The number of carbonyl (C=O) groups is 3. The first-order chi connectivity index (χ1) is 20.1. The van der Waals surface area contributed by atoms with E-state index in [9.17, 15) is 19.5 Å². The standard InChI is InChI=1S/C34H40N2O6/c1-6-18-35(28-22(3)12-11-13-23(28)4)31(39)29-34-17-16-33(5,42-34)27(32(40)41-19-7-2)26(34)30(38)36(29)25(21-37)20-24-14-9-8-10-15-24/h6-15,25-27,29,37H,1-2,16-21H2,3-5H3/t25-,26+,27-,29?,33+,34?/m1/s1. The molecule has 5 rings (SSSR count). The highest BCUT2D eigenvalue weighted by molar-refractivity contribution is 6.05. The maximum Gasteiger partial charge on any atom is 0.313 e. The van der Waals surface area contributed by atoms with E-state index < -0.39 is 41.1 Å². The van der Waals surface area contributed by atoms with Crippen molar-refractivity contribution in [2.24, 2.45) is 11.8 Å². The molecule has 1 N–H and O–H groups in total. The molecule has 0 aliphatic carbocycles. The van der Waals surface area contributed by atoms with E-state index in [0.29, 0.717) is 19.3 Å². The Morgan fingerprint density at radius 2 is 1.81 bits per heavy atom. The Balaban J connectivity index is 1.65. The maximum atomic E-state index is 14.9. The van der Waals surface area contributed by atoms with Crippen LogP contribution >= 0.6 is 0 Å². The maximum absolute atomic E-state index is 14.9. The van der Waals surface area contributed by atoms with Gasteiger partial charge >= 0.3 is 5.97 Å². The van der Waals surface area contributed by atoms with Gasteiger partial charge in [-0.1, -0.05) is 67.3 Å². The van der Waals surface area contributed by atoms with Crippen LogP contribution in [0.15, 0.2) is 73.8 Å². The van der Waals surface area contributed by atoms with Crippen molar-refractivity contribution >= 4 is 23.5 Å². The summed E-state index contributed by atoms with van der Waals surface area (Å²) in [6.45, 7) is 13.1. The van der Waals surface area contributed by atoms with Gasteiger partial charge in [0.15, 0.2) is 0 Å². The Labute approximate surface area is 247 Å². The molecule has 2 amide bonds. The lowest BCUT2D eigenvalue weighted by molar-refractivity contribution is -0.159. The molecular formula is C34H40N2O6. The molecule has 3 heterocycles. The van der Waals surface area contributed by atoms with Crippen LogP contribution < -0.4 is 4.90 Å². The lowest BCUT2D eigenvalue weighted by Gasteiger charge is -2.40. The monoisotopic (exact) mass is 572 g/mol. The van der Waals surface area contributed by atoms with Crippen LogP contribution in [0.25, 0.3) is 0 Å². The van der Waals surface area contributed by atoms with Crippen LogP contribution in [0, 0.1) is 25.7 Å². The van der Waals surface area contributed by atoms with Crippen molar-refractivity contribution in [1.82, 2.24) is 4.90 Å². The summed E-state index contributed by atoms with van der Waals surface area (Å²) < 4.78 is 12.2. The highest BCUT2D eigenvalue weighted by Gasteiger charge is 2.79. The van der Waals surface area contributed by atoms with Gasteiger partial charge in [-0.3, -0.25) is 14.4 Å². The van der Waals surface area contributed by atoms with Crippen molar-refractivity contribution in [1.29, 1.82) is 0 Å². The number of likely N-dealkylation sites (tertiary alicyclic amines) is 1. The van der Waals surface area contributed by atoms with Crippen molar-refractivity contribution in [3.05, 3.63) is 90.5 Å². The second-order valence-electron chi connectivity index (χ2n) is 11.9. The van der Waals surface area contributed by atoms with E-state index in [1.54, 1.807) is 11.0 Å². The lowest BCUT2D eigenvalue weighted by atomic mass is 9.66. The smallest absolute Gasteiger partial charge is 0.313 e. The summed E-state index contributed by atoms with van der Waals surface area (Å²) in [7, 11) is 0. The summed E-state index contributed by atoms with van der Waals surface area (Å²) in [6.07, 6.45) is 4.41. The number of hydrogen-bond donors (Lipinski definition) is 1. The third-order valence-corrected chi connectivity index (χ3v) is 9.25. The van der Waals surface area contributed by atoms with Crippen LogP contribution in [-0.4, -0.2) is 70.8 Å². The summed E-state index contributed by atoms with van der Waals surface area (Å²) in [5, 5.41) is 10.7. The average molecular weight is 573 g/mol. The van der Waals surface area contributed by atoms with Crippen LogP contribution in [0.1, 0.15) is 36.5 Å². The molecule has 3 fully saturated rings. The number of para-hydroxylation sites is 1. The molecule has 8 nitrogen and oxygen atoms in total. The quantitative estimate of drug-likeness (QED) is 0.324. The van der Waals surface area contributed by atoms with Crippen molar-refractivity contribution in [3.8, 4) is 0 Å². The predicted octanol–water partition coefficient (Wildman–Crippen LogP) is 3.92. The van der Waals surface area contributed by atoms with Crippen LogP contribution in [0.5, 0.6) is 0 Å². The Morgan fingerprint density at radius 1 is 1.12 bits per heavy atom. The number of ether oxygens (including phenoxy) is 2. The molecule has 8 heteroatoms. The molecule has 0 aromatic heterocycles. The fourth-order valence-corrected chi connectivity index (χ4v) is 7.56. The molecule has 2 aromatic rings. The Bertz CT molecular complexity index is 1370. The van der Waals surface area contributed by atoms with E-state index in [1.165, 1.54) is 11.0 Å². The number of rotatable bonds is 11. The van der Waals surface area contributed by atoms with E-state index >= 15 is 0 Å². The Morgan fingerprint density at radius 3 is 2.43 bits per heavy atom. The summed E-state index contributed by atoms with van der Waals surface area (Å²) >= 11 is 0. The van der Waals surface area contributed by atoms with Crippen molar-refractivity contribution in [3.63, 3.8) is 0 Å². The van der Waals surface area contributed by atoms with Gasteiger partial charge < -0.3 is 24.4 Å². The van der Waals surface area contributed by atoms with Gasteiger partial charge in [-0.15, -0.1) is 6.58 Å². The minimum Gasteiger partial charge on any atom is -0.461 e. The molecule has 3 saturated heterocycles. The van der Waals surface area contributed by atoms with Gasteiger partial charge in [-0.05, 0) is 56.7 Å². The normalized spacial score (nSPS) is 28.3. The second-order valence-corrected chi connectivity index (χ2v) is 11.9. The Kier molecular flexibility index (Phi) is 8.14. The zero-order valence-electron chi connectivity index (χ0n) is 24.6.